The van der Waals surface area contributed by atoms with Crippen LogP contribution in [0.1, 0.15) is 21.5 Å². The van der Waals surface area contributed by atoms with Gasteiger partial charge < -0.3 is 10.3 Å². The lowest BCUT2D eigenvalue weighted by Crippen LogP contribution is -2.11. The highest BCUT2D eigenvalue weighted by Gasteiger charge is 2.18. The third kappa shape index (κ3) is 2.64. The summed E-state index contributed by atoms with van der Waals surface area (Å²) in [6.45, 7) is 2.54. The van der Waals surface area contributed by atoms with Gasteiger partial charge in [-0.1, -0.05) is 47.5 Å². The second-order valence-electron chi connectivity index (χ2n) is 6.37. The molecule has 0 aliphatic rings. The second-order valence-corrected chi connectivity index (χ2v) is 7.19. The van der Waals surface area contributed by atoms with Crippen LogP contribution in [-0.4, -0.2) is 10.5 Å². The van der Waals surface area contributed by atoms with Gasteiger partial charge in [-0.05, 0) is 42.8 Å². The Kier molecular flexibility index (Phi) is 4.14. The van der Waals surface area contributed by atoms with Crippen molar-refractivity contribution in [3.8, 4) is 0 Å². The van der Waals surface area contributed by atoms with Gasteiger partial charge in [0.1, 0.15) is 0 Å². The fourth-order valence-corrected chi connectivity index (χ4v) is 3.99. The van der Waals surface area contributed by atoms with Crippen molar-refractivity contribution in [2.24, 2.45) is 5.73 Å². The number of aryl methyl sites for hydroxylation is 1. The van der Waals surface area contributed by atoms with Crippen LogP contribution in [0.15, 0.2) is 54.6 Å². The quantitative estimate of drug-likeness (QED) is 0.495. The van der Waals surface area contributed by atoms with Crippen LogP contribution >= 0.6 is 23.2 Å². The standard InChI is InChI=1S/C21H16Cl2N2O/c1-12-8-9-13-19(10-12)25(11-15-16(22)5-3-6-17(15)23)18-7-2-4-14(20(13)18)21(24)26/h2-10H,11H2,1H3,(H2,24,26). The molecule has 0 fully saturated rings. The predicted molar refractivity (Wildman–Crippen MR) is 108 cm³/mol. The fourth-order valence-electron chi connectivity index (χ4n) is 3.47. The highest BCUT2D eigenvalue weighted by atomic mass is 35.5. The van der Waals surface area contributed by atoms with Crippen LogP contribution < -0.4 is 5.73 Å². The Morgan fingerprint density at radius 1 is 1.00 bits per heavy atom. The van der Waals surface area contributed by atoms with E-state index < -0.39 is 5.91 Å². The monoisotopic (exact) mass is 382 g/mol. The molecule has 26 heavy (non-hydrogen) atoms. The summed E-state index contributed by atoms with van der Waals surface area (Å²) in [7, 11) is 0. The van der Waals surface area contributed by atoms with E-state index in [4.69, 9.17) is 28.9 Å². The number of fused-ring (bicyclic) bond motifs is 3. The van der Waals surface area contributed by atoms with Crippen molar-refractivity contribution in [1.29, 1.82) is 0 Å². The van der Waals surface area contributed by atoms with Crippen LogP contribution in [0.3, 0.4) is 0 Å². The zero-order chi connectivity index (χ0) is 18.4. The average Bonchev–Trinajstić information content (AvgIpc) is 2.91. The van der Waals surface area contributed by atoms with Crippen LogP contribution in [0.2, 0.25) is 10.0 Å². The van der Waals surface area contributed by atoms with Gasteiger partial charge in [-0.15, -0.1) is 0 Å². The van der Waals surface area contributed by atoms with E-state index in [1.54, 1.807) is 6.07 Å². The molecule has 0 bridgehead atoms. The van der Waals surface area contributed by atoms with Gasteiger partial charge in [0.2, 0.25) is 5.91 Å². The zero-order valence-corrected chi connectivity index (χ0v) is 15.6. The summed E-state index contributed by atoms with van der Waals surface area (Å²) < 4.78 is 2.14. The predicted octanol–water partition coefficient (Wildman–Crippen LogP) is 5.56. The normalized spacial score (nSPS) is 11.3. The average molecular weight is 383 g/mol. The molecule has 0 atom stereocenters. The lowest BCUT2D eigenvalue weighted by atomic mass is 10.1. The molecule has 3 nitrogen and oxygen atoms in total. The smallest absolute Gasteiger partial charge is 0.249 e. The van der Waals surface area contributed by atoms with Gasteiger partial charge in [-0.2, -0.15) is 0 Å². The van der Waals surface area contributed by atoms with Crippen molar-refractivity contribution in [2.75, 3.05) is 0 Å². The number of carbonyl (C=O) groups is 1. The minimum Gasteiger partial charge on any atom is -0.366 e. The third-order valence-corrected chi connectivity index (χ3v) is 5.40. The Labute approximate surface area is 160 Å². The Morgan fingerprint density at radius 2 is 1.69 bits per heavy atom. The van der Waals surface area contributed by atoms with Crippen molar-refractivity contribution >= 4 is 50.9 Å². The largest absolute Gasteiger partial charge is 0.366 e. The van der Waals surface area contributed by atoms with Gasteiger partial charge >= 0.3 is 0 Å². The number of carbonyl (C=O) groups excluding carboxylic acids is 1. The summed E-state index contributed by atoms with van der Waals surface area (Å²) in [6, 6.07) is 17.3. The van der Waals surface area contributed by atoms with Crippen LogP contribution in [0.25, 0.3) is 21.8 Å². The number of primary amides is 1. The van der Waals surface area contributed by atoms with Crippen molar-refractivity contribution in [3.05, 3.63) is 81.3 Å². The van der Waals surface area contributed by atoms with Gasteiger partial charge in [-0.3, -0.25) is 4.79 Å². The van der Waals surface area contributed by atoms with Gasteiger partial charge in [0, 0.05) is 37.5 Å². The third-order valence-electron chi connectivity index (χ3n) is 4.69. The summed E-state index contributed by atoms with van der Waals surface area (Å²) in [5, 5.41) is 3.08. The highest BCUT2D eigenvalue weighted by Crippen LogP contribution is 2.34. The van der Waals surface area contributed by atoms with Gasteiger partial charge in [-0.25, -0.2) is 0 Å². The first kappa shape index (κ1) is 17.0. The molecule has 1 heterocycles. The number of hydrogen-bond donors (Lipinski definition) is 1. The molecular weight excluding hydrogens is 367 g/mol. The maximum atomic E-state index is 12.0. The van der Waals surface area contributed by atoms with E-state index in [0.29, 0.717) is 22.2 Å². The maximum Gasteiger partial charge on any atom is 0.249 e. The highest BCUT2D eigenvalue weighted by molar-refractivity contribution is 6.36. The first-order valence-electron chi connectivity index (χ1n) is 8.21. The Bertz CT molecular complexity index is 1160. The molecule has 4 rings (SSSR count). The number of benzene rings is 3. The maximum absolute atomic E-state index is 12.0. The SMILES string of the molecule is Cc1ccc2c3c(C(N)=O)cccc3n(Cc3c(Cl)cccc3Cl)c2c1. The Morgan fingerprint density at radius 3 is 2.38 bits per heavy atom. The molecule has 130 valence electrons. The minimum absolute atomic E-state index is 0.439. The fraction of sp³-hybridized carbons (Fsp3) is 0.0952. The molecule has 0 aliphatic heterocycles. The Hall–Kier alpha value is -2.49. The molecule has 0 unspecified atom stereocenters. The Balaban J connectivity index is 2.09. The van der Waals surface area contributed by atoms with Crippen molar-refractivity contribution in [3.63, 3.8) is 0 Å². The lowest BCUT2D eigenvalue weighted by molar-refractivity contribution is 0.100. The van der Waals surface area contributed by atoms with Crippen LogP contribution in [0.4, 0.5) is 0 Å². The van der Waals surface area contributed by atoms with E-state index >= 15 is 0 Å². The first-order valence-corrected chi connectivity index (χ1v) is 8.97. The van der Waals surface area contributed by atoms with Gasteiger partial charge in [0.25, 0.3) is 0 Å². The molecule has 0 saturated carbocycles. The number of nitrogens with zero attached hydrogens (tertiary/aromatic N) is 1. The van der Waals surface area contributed by atoms with Crippen molar-refractivity contribution < 1.29 is 4.79 Å². The summed E-state index contributed by atoms with van der Waals surface area (Å²) in [5.74, 6) is -0.439. The number of amides is 1. The topological polar surface area (TPSA) is 48.0 Å². The second kappa shape index (κ2) is 6.35. The molecule has 5 heteroatoms. The van der Waals surface area contributed by atoms with E-state index in [0.717, 1.165) is 32.9 Å². The van der Waals surface area contributed by atoms with Gasteiger partial charge in [0.05, 0.1) is 12.1 Å². The van der Waals surface area contributed by atoms with Gasteiger partial charge in [0.15, 0.2) is 0 Å². The zero-order valence-electron chi connectivity index (χ0n) is 14.1. The van der Waals surface area contributed by atoms with E-state index in [2.05, 4.69) is 10.6 Å². The summed E-state index contributed by atoms with van der Waals surface area (Å²) in [6.07, 6.45) is 0. The molecule has 2 N–H and O–H groups in total. The van der Waals surface area contributed by atoms with Crippen LogP contribution in [-0.2, 0) is 6.54 Å². The molecule has 3 aromatic carbocycles. The first-order chi connectivity index (χ1) is 12.5. The summed E-state index contributed by atoms with van der Waals surface area (Å²) in [4.78, 5) is 12.0. The lowest BCUT2D eigenvalue weighted by Gasteiger charge is -2.11. The molecule has 4 aromatic rings. The number of halogens is 2. The number of hydrogen-bond acceptors (Lipinski definition) is 1. The van der Waals surface area contributed by atoms with E-state index in [1.165, 1.54) is 0 Å². The molecule has 1 amide bonds. The van der Waals surface area contributed by atoms with E-state index in [9.17, 15) is 4.79 Å². The summed E-state index contributed by atoms with van der Waals surface area (Å²) in [5.41, 5.74) is 10.1. The van der Waals surface area contributed by atoms with E-state index in [-0.39, 0.29) is 0 Å². The van der Waals surface area contributed by atoms with Crippen molar-refractivity contribution in [2.45, 2.75) is 13.5 Å². The van der Waals surface area contributed by atoms with Crippen LogP contribution in [0.5, 0.6) is 0 Å². The minimum atomic E-state index is -0.439. The molecule has 0 radical (unpaired) electrons. The molecule has 0 spiro atoms. The van der Waals surface area contributed by atoms with Crippen molar-refractivity contribution in [1.82, 2.24) is 4.57 Å². The number of rotatable bonds is 3. The molecule has 1 aromatic heterocycles. The molecular formula is C21H16Cl2N2O. The van der Waals surface area contributed by atoms with Crippen LogP contribution in [0, 0.1) is 6.92 Å². The molecule has 0 aliphatic carbocycles. The van der Waals surface area contributed by atoms with E-state index in [1.807, 2.05) is 49.4 Å². The number of nitrogens with two attached hydrogens (primary N) is 1. The number of aromatic nitrogens is 1. The molecule has 0 saturated heterocycles. The summed E-state index contributed by atoms with van der Waals surface area (Å²) >= 11 is 12.8.